The largest absolute Gasteiger partial charge is 0.382 e. The van der Waals surface area contributed by atoms with Crippen molar-refractivity contribution in [2.75, 3.05) is 5.32 Å². The van der Waals surface area contributed by atoms with Gasteiger partial charge >= 0.3 is 0 Å². The molecule has 1 aliphatic rings. The standard InChI is InChI=1S/C16H23N5/c1-13-18-19-20-21(13)16-11-7-10-15(12-16)17-14-8-5-3-2-4-6-9-14/h7,10-12,14,17H,2-6,8-9H2,1H3. The smallest absolute Gasteiger partial charge is 0.153 e. The van der Waals surface area contributed by atoms with Gasteiger partial charge in [-0.25, -0.2) is 0 Å². The summed E-state index contributed by atoms with van der Waals surface area (Å²) in [4.78, 5) is 0. The van der Waals surface area contributed by atoms with Crippen LogP contribution in [0.3, 0.4) is 0 Å². The SMILES string of the molecule is Cc1nnnn1-c1cccc(NC2CCCCCCC2)c1. The number of hydrogen-bond acceptors (Lipinski definition) is 4. The molecule has 1 heterocycles. The second-order valence-electron chi connectivity index (χ2n) is 5.87. The van der Waals surface area contributed by atoms with Gasteiger partial charge in [0.25, 0.3) is 0 Å². The summed E-state index contributed by atoms with van der Waals surface area (Å²) in [5.74, 6) is 0.804. The number of hydrogen-bond donors (Lipinski definition) is 1. The Kier molecular flexibility index (Phi) is 4.48. The Morgan fingerprint density at radius 3 is 2.57 bits per heavy atom. The third kappa shape index (κ3) is 3.60. The molecule has 0 bridgehead atoms. The van der Waals surface area contributed by atoms with E-state index in [-0.39, 0.29) is 0 Å². The summed E-state index contributed by atoms with van der Waals surface area (Å²) in [6, 6.07) is 8.94. The predicted molar refractivity (Wildman–Crippen MR) is 83.6 cm³/mol. The third-order valence-electron chi connectivity index (χ3n) is 4.19. The van der Waals surface area contributed by atoms with E-state index >= 15 is 0 Å². The summed E-state index contributed by atoms with van der Waals surface area (Å²) < 4.78 is 1.77. The number of benzene rings is 1. The molecule has 0 amide bonds. The van der Waals surface area contributed by atoms with E-state index in [1.165, 1.54) is 44.9 Å². The summed E-state index contributed by atoms with van der Waals surface area (Å²) in [5, 5.41) is 15.4. The molecule has 0 spiro atoms. The second kappa shape index (κ2) is 6.70. The molecule has 112 valence electrons. The van der Waals surface area contributed by atoms with E-state index in [0.29, 0.717) is 6.04 Å². The number of nitrogens with one attached hydrogen (secondary N) is 1. The van der Waals surface area contributed by atoms with E-state index < -0.39 is 0 Å². The van der Waals surface area contributed by atoms with Gasteiger partial charge in [0.15, 0.2) is 5.82 Å². The van der Waals surface area contributed by atoms with Crippen molar-refractivity contribution in [1.29, 1.82) is 0 Å². The lowest BCUT2D eigenvalue weighted by atomic mass is 9.96. The minimum atomic E-state index is 0.593. The number of tetrazole rings is 1. The highest BCUT2D eigenvalue weighted by Crippen LogP contribution is 2.22. The number of aryl methyl sites for hydroxylation is 1. The maximum absolute atomic E-state index is 4.03. The van der Waals surface area contributed by atoms with Gasteiger partial charge in [-0.2, -0.15) is 4.68 Å². The van der Waals surface area contributed by atoms with Crippen LogP contribution in [0.5, 0.6) is 0 Å². The van der Waals surface area contributed by atoms with E-state index in [9.17, 15) is 0 Å². The summed E-state index contributed by atoms with van der Waals surface area (Å²) in [6.07, 6.45) is 9.38. The fourth-order valence-corrected chi connectivity index (χ4v) is 3.03. The molecule has 5 heteroatoms. The van der Waals surface area contributed by atoms with Gasteiger partial charge in [0.2, 0.25) is 0 Å². The van der Waals surface area contributed by atoms with Crippen molar-refractivity contribution in [3.8, 4) is 5.69 Å². The van der Waals surface area contributed by atoms with Crippen LogP contribution in [0.15, 0.2) is 24.3 Å². The molecule has 1 saturated carbocycles. The highest BCUT2D eigenvalue weighted by Gasteiger charge is 2.11. The fourth-order valence-electron chi connectivity index (χ4n) is 3.03. The molecule has 21 heavy (non-hydrogen) atoms. The Bertz CT molecular complexity index is 570. The maximum atomic E-state index is 4.03. The molecule has 0 radical (unpaired) electrons. The van der Waals surface area contributed by atoms with E-state index in [1.54, 1.807) is 4.68 Å². The molecular formula is C16H23N5. The molecule has 1 aromatic heterocycles. The molecule has 1 N–H and O–H groups in total. The molecular weight excluding hydrogens is 262 g/mol. The quantitative estimate of drug-likeness (QED) is 0.937. The number of rotatable bonds is 3. The first kappa shape index (κ1) is 14.0. The zero-order chi connectivity index (χ0) is 14.5. The normalized spacial score (nSPS) is 17.2. The van der Waals surface area contributed by atoms with Crippen molar-refractivity contribution in [3.63, 3.8) is 0 Å². The van der Waals surface area contributed by atoms with Gasteiger partial charge in [0.05, 0.1) is 5.69 Å². The third-order valence-corrected chi connectivity index (χ3v) is 4.19. The van der Waals surface area contributed by atoms with Gasteiger partial charge in [-0.3, -0.25) is 0 Å². The molecule has 1 aromatic carbocycles. The van der Waals surface area contributed by atoms with Crippen molar-refractivity contribution >= 4 is 5.69 Å². The van der Waals surface area contributed by atoms with Gasteiger partial charge in [-0.15, -0.1) is 5.10 Å². The Labute approximate surface area is 125 Å². The van der Waals surface area contributed by atoms with Crippen LogP contribution in [0.4, 0.5) is 5.69 Å². The van der Waals surface area contributed by atoms with Crippen LogP contribution in [0, 0.1) is 6.92 Å². The van der Waals surface area contributed by atoms with Crippen LogP contribution < -0.4 is 5.32 Å². The minimum absolute atomic E-state index is 0.593. The number of nitrogens with zero attached hydrogens (tertiary/aromatic N) is 4. The summed E-state index contributed by atoms with van der Waals surface area (Å²) in [5.41, 5.74) is 2.17. The molecule has 1 fully saturated rings. The maximum Gasteiger partial charge on any atom is 0.153 e. The summed E-state index contributed by atoms with van der Waals surface area (Å²) in [7, 11) is 0. The van der Waals surface area contributed by atoms with Gasteiger partial charge in [0, 0.05) is 11.7 Å². The lowest BCUT2D eigenvalue weighted by molar-refractivity contribution is 0.471. The van der Waals surface area contributed by atoms with Crippen molar-refractivity contribution in [2.24, 2.45) is 0 Å². The fraction of sp³-hybridized carbons (Fsp3) is 0.562. The lowest BCUT2D eigenvalue weighted by Gasteiger charge is -2.22. The molecule has 0 unspecified atom stereocenters. The van der Waals surface area contributed by atoms with Crippen LogP contribution in [0.2, 0.25) is 0 Å². The number of anilines is 1. The van der Waals surface area contributed by atoms with Crippen molar-refractivity contribution in [2.45, 2.75) is 57.9 Å². The predicted octanol–water partition coefficient (Wildman–Crippen LogP) is 3.50. The lowest BCUT2D eigenvalue weighted by Crippen LogP contribution is -2.20. The number of aromatic nitrogens is 4. The van der Waals surface area contributed by atoms with Crippen LogP contribution in [0.1, 0.15) is 50.8 Å². The molecule has 5 nitrogen and oxygen atoms in total. The molecule has 0 atom stereocenters. The summed E-state index contributed by atoms with van der Waals surface area (Å²) in [6.45, 7) is 1.91. The second-order valence-corrected chi connectivity index (χ2v) is 5.87. The van der Waals surface area contributed by atoms with E-state index in [0.717, 1.165) is 17.2 Å². The van der Waals surface area contributed by atoms with E-state index in [4.69, 9.17) is 0 Å². The Hall–Kier alpha value is -1.91. The van der Waals surface area contributed by atoms with Gasteiger partial charge in [0.1, 0.15) is 0 Å². The monoisotopic (exact) mass is 285 g/mol. The average molecular weight is 285 g/mol. The Morgan fingerprint density at radius 1 is 1.10 bits per heavy atom. The first-order valence-electron chi connectivity index (χ1n) is 7.95. The average Bonchev–Trinajstić information content (AvgIpc) is 2.88. The summed E-state index contributed by atoms with van der Waals surface area (Å²) >= 11 is 0. The van der Waals surface area contributed by atoms with Gasteiger partial charge in [-0.1, -0.05) is 38.2 Å². The van der Waals surface area contributed by atoms with E-state index in [1.807, 2.05) is 13.0 Å². The molecule has 0 saturated heterocycles. The van der Waals surface area contributed by atoms with E-state index in [2.05, 4.69) is 39.0 Å². The van der Waals surface area contributed by atoms with Gasteiger partial charge < -0.3 is 5.32 Å². The first-order chi connectivity index (χ1) is 10.3. The molecule has 1 aliphatic carbocycles. The van der Waals surface area contributed by atoms with Crippen LogP contribution in [-0.2, 0) is 0 Å². The molecule has 0 aliphatic heterocycles. The topological polar surface area (TPSA) is 55.6 Å². The minimum Gasteiger partial charge on any atom is -0.382 e. The molecule has 3 rings (SSSR count). The van der Waals surface area contributed by atoms with Crippen LogP contribution in [0.25, 0.3) is 5.69 Å². The van der Waals surface area contributed by atoms with Gasteiger partial charge in [-0.05, 0) is 48.4 Å². The molecule has 2 aromatic rings. The Balaban J connectivity index is 1.72. The Morgan fingerprint density at radius 2 is 1.86 bits per heavy atom. The zero-order valence-electron chi connectivity index (χ0n) is 12.6. The van der Waals surface area contributed by atoms with Crippen molar-refractivity contribution < 1.29 is 0 Å². The highest BCUT2D eigenvalue weighted by atomic mass is 15.5. The highest BCUT2D eigenvalue weighted by molar-refractivity contribution is 5.51. The van der Waals surface area contributed by atoms with Crippen molar-refractivity contribution in [1.82, 2.24) is 20.2 Å². The zero-order valence-corrected chi connectivity index (χ0v) is 12.6. The van der Waals surface area contributed by atoms with Crippen LogP contribution in [-0.4, -0.2) is 26.2 Å². The van der Waals surface area contributed by atoms with Crippen LogP contribution >= 0.6 is 0 Å². The first-order valence-corrected chi connectivity index (χ1v) is 7.95. The van der Waals surface area contributed by atoms with Crippen molar-refractivity contribution in [3.05, 3.63) is 30.1 Å².